The number of nitrogens with two attached hydrogens (primary N) is 1. The first-order valence-corrected chi connectivity index (χ1v) is 6.33. The van der Waals surface area contributed by atoms with E-state index in [0.29, 0.717) is 30.4 Å². The van der Waals surface area contributed by atoms with Crippen LogP contribution in [0.25, 0.3) is 0 Å². The first-order valence-electron chi connectivity index (χ1n) is 6.33. The van der Waals surface area contributed by atoms with E-state index in [1.807, 2.05) is 0 Å². The summed E-state index contributed by atoms with van der Waals surface area (Å²) in [6.45, 7) is 0.312. The van der Waals surface area contributed by atoms with Crippen molar-refractivity contribution in [1.82, 2.24) is 10.6 Å². The Kier molecular flexibility index (Phi) is 4.22. The lowest BCUT2D eigenvalue weighted by Crippen LogP contribution is -2.33. The number of carbonyl (C=O) groups excluding carboxylic acids is 2. The first-order chi connectivity index (χ1) is 9.13. The molecule has 2 rings (SSSR count). The smallest absolute Gasteiger partial charge is 0.319 e. The van der Waals surface area contributed by atoms with Crippen LogP contribution in [-0.2, 0) is 4.79 Å². The van der Waals surface area contributed by atoms with E-state index in [-0.39, 0.29) is 11.9 Å². The third-order valence-corrected chi connectivity index (χ3v) is 2.72. The Morgan fingerprint density at radius 2 is 2.11 bits per heavy atom. The molecule has 0 saturated heterocycles. The quantitative estimate of drug-likeness (QED) is 0.597. The van der Waals surface area contributed by atoms with Crippen LogP contribution in [-0.4, -0.2) is 24.5 Å². The number of hydrogen-bond donors (Lipinski definition) is 4. The molecule has 0 unspecified atom stereocenters. The molecule has 6 nitrogen and oxygen atoms in total. The Morgan fingerprint density at radius 3 is 2.79 bits per heavy atom. The maximum absolute atomic E-state index is 11.5. The molecule has 1 aromatic rings. The summed E-state index contributed by atoms with van der Waals surface area (Å²) >= 11 is 0. The maximum Gasteiger partial charge on any atom is 0.319 e. The number of nitrogens with one attached hydrogen (secondary N) is 3. The number of urea groups is 1. The van der Waals surface area contributed by atoms with Crippen LogP contribution >= 0.6 is 0 Å². The predicted octanol–water partition coefficient (Wildman–Crippen LogP) is 1.06. The van der Waals surface area contributed by atoms with E-state index in [0.717, 1.165) is 12.8 Å². The minimum absolute atomic E-state index is 0.0215. The zero-order valence-electron chi connectivity index (χ0n) is 10.6. The van der Waals surface area contributed by atoms with Crippen LogP contribution in [0.4, 0.5) is 16.2 Å². The van der Waals surface area contributed by atoms with Gasteiger partial charge in [-0.3, -0.25) is 4.79 Å². The molecule has 0 radical (unpaired) electrons. The van der Waals surface area contributed by atoms with Crippen molar-refractivity contribution < 1.29 is 9.59 Å². The van der Waals surface area contributed by atoms with Gasteiger partial charge in [-0.15, -0.1) is 0 Å². The zero-order chi connectivity index (χ0) is 13.7. The standard InChI is InChI=1S/C13H18N4O2/c14-9-2-1-3-11(8-9)17-13(19)15-7-6-12(18)16-10-4-5-10/h1-3,8,10H,4-7,14H2,(H,16,18)(H2,15,17,19). The second kappa shape index (κ2) is 6.08. The number of benzene rings is 1. The van der Waals surface area contributed by atoms with E-state index >= 15 is 0 Å². The largest absolute Gasteiger partial charge is 0.399 e. The van der Waals surface area contributed by atoms with Crippen molar-refractivity contribution in [3.8, 4) is 0 Å². The first kappa shape index (κ1) is 13.2. The van der Waals surface area contributed by atoms with Crippen LogP contribution in [0.1, 0.15) is 19.3 Å². The third-order valence-electron chi connectivity index (χ3n) is 2.72. The summed E-state index contributed by atoms with van der Waals surface area (Å²) in [7, 11) is 0. The van der Waals surface area contributed by atoms with Crippen LogP contribution in [0.2, 0.25) is 0 Å². The number of carbonyl (C=O) groups is 2. The van der Waals surface area contributed by atoms with E-state index in [4.69, 9.17) is 5.73 Å². The Balaban J connectivity index is 1.65. The van der Waals surface area contributed by atoms with Gasteiger partial charge in [0.25, 0.3) is 0 Å². The molecular formula is C13H18N4O2. The molecule has 19 heavy (non-hydrogen) atoms. The SMILES string of the molecule is Nc1cccc(NC(=O)NCCC(=O)NC2CC2)c1. The van der Waals surface area contributed by atoms with Crippen LogP contribution < -0.4 is 21.7 Å². The molecule has 0 heterocycles. The van der Waals surface area contributed by atoms with Gasteiger partial charge in [-0.2, -0.15) is 0 Å². The lowest BCUT2D eigenvalue weighted by molar-refractivity contribution is -0.121. The van der Waals surface area contributed by atoms with Gasteiger partial charge in [0.2, 0.25) is 5.91 Å². The summed E-state index contributed by atoms with van der Waals surface area (Å²) < 4.78 is 0. The molecular weight excluding hydrogens is 244 g/mol. The average Bonchev–Trinajstić information content (AvgIpc) is 3.12. The summed E-state index contributed by atoms with van der Waals surface area (Å²) in [5, 5.41) is 8.13. The fourth-order valence-corrected chi connectivity index (χ4v) is 1.61. The molecule has 5 N–H and O–H groups in total. The predicted molar refractivity (Wildman–Crippen MR) is 73.7 cm³/mol. The van der Waals surface area contributed by atoms with Gasteiger partial charge >= 0.3 is 6.03 Å². The molecule has 0 atom stereocenters. The van der Waals surface area contributed by atoms with Gasteiger partial charge in [0, 0.05) is 30.4 Å². The molecule has 0 aliphatic heterocycles. The Hall–Kier alpha value is -2.24. The Labute approximate surface area is 111 Å². The van der Waals surface area contributed by atoms with Crippen molar-refractivity contribution in [3.05, 3.63) is 24.3 Å². The lowest BCUT2D eigenvalue weighted by Gasteiger charge is -2.08. The van der Waals surface area contributed by atoms with Gasteiger partial charge in [0.15, 0.2) is 0 Å². The number of nitrogen functional groups attached to an aromatic ring is 1. The summed E-state index contributed by atoms with van der Waals surface area (Å²) in [6, 6.07) is 6.92. The molecule has 1 aliphatic carbocycles. The van der Waals surface area contributed by atoms with E-state index < -0.39 is 0 Å². The molecule has 1 aromatic carbocycles. The van der Waals surface area contributed by atoms with Crippen molar-refractivity contribution >= 4 is 23.3 Å². The summed E-state index contributed by atoms with van der Waals surface area (Å²) in [5.74, 6) is -0.0215. The Bertz CT molecular complexity index is 471. The highest BCUT2D eigenvalue weighted by Gasteiger charge is 2.22. The van der Waals surface area contributed by atoms with Gasteiger partial charge in [0.05, 0.1) is 0 Å². The number of anilines is 2. The summed E-state index contributed by atoms with van der Waals surface area (Å²) in [5.41, 5.74) is 6.81. The summed E-state index contributed by atoms with van der Waals surface area (Å²) in [6.07, 6.45) is 2.42. The van der Waals surface area contributed by atoms with Gasteiger partial charge < -0.3 is 21.7 Å². The molecule has 1 aliphatic rings. The van der Waals surface area contributed by atoms with Crippen molar-refractivity contribution in [2.45, 2.75) is 25.3 Å². The molecule has 0 spiro atoms. The highest BCUT2D eigenvalue weighted by molar-refractivity contribution is 5.90. The highest BCUT2D eigenvalue weighted by Crippen LogP contribution is 2.18. The van der Waals surface area contributed by atoms with E-state index in [1.54, 1.807) is 24.3 Å². The van der Waals surface area contributed by atoms with Crippen molar-refractivity contribution in [2.24, 2.45) is 0 Å². The minimum atomic E-state index is -0.343. The van der Waals surface area contributed by atoms with Crippen LogP contribution in [0, 0.1) is 0 Å². The van der Waals surface area contributed by atoms with Gasteiger partial charge in [-0.25, -0.2) is 4.79 Å². The lowest BCUT2D eigenvalue weighted by atomic mass is 10.3. The monoisotopic (exact) mass is 262 g/mol. The maximum atomic E-state index is 11.5. The second-order valence-corrected chi connectivity index (χ2v) is 4.60. The van der Waals surface area contributed by atoms with Gasteiger partial charge in [-0.05, 0) is 31.0 Å². The van der Waals surface area contributed by atoms with E-state index in [1.165, 1.54) is 0 Å². The second-order valence-electron chi connectivity index (χ2n) is 4.60. The van der Waals surface area contributed by atoms with Gasteiger partial charge in [-0.1, -0.05) is 6.07 Å². The molecule has 0 aromatic heterocycles. The van der Waals surface area contributed by atoms with Crippen LogP contribution in [0.5, 0.6) is 0 Å². The van der Waals surface area contributed by atoms with Crippen molar-refractivity contribution in [3.63, 3.8) is 0 Å². The normalized spacial score (nSPS) is 13.7. The van der Waals surface area contributed by atoms with Crippen LogP contribution in [0.15, 0.2) is 24.3 Å². The fourth-order valence-electron chi connectivity index (χ4n) is 1.61. The molecule has 3 amide bonds. The van der Waals surface area contributed by atoms with Crippen LogP contribution in [0.3, 0.4) is 0 Å². The highest BCUT2D eigenvalue weighted by atomic mass is 16.2. The minimum Gasteiger partial charge on any atom is -0.399 e. The fraction of sp³-hybridized carbons (Fsp3) is 0.385. The topological polar surface area (TPSA) is 96.2 Å². The number of rotatable bonds is 5. The summed E-state index contributed by atoms with van der Waals surface area (Å²) in [4.78, 5) is 22.9. The van der Waals surface area contributed by atoms with E-state index in [2.05, 4.69) is 16.0 Å². The molecule has 1 fully saturated rings. The zero-order valence-corrected chi connectivity index (χ0v) is 10.6. The van der Waals surface area contributed by atoms with Gasteiger partial charge in [0.1, 0.15) is 0 Å². The molecule has 1 saturated carbocycles. The number of amides is 3. The molecule has 102 valence electrons. The molecule has 6 heteroatoms. The third kappa shape index (κ3) is 4.87. The van der Waals surface area contributed by atoms with E-state index in [9.17, 15) is 9.59 Å². The average molecular weight is 262 g/mol. The van der Waals surface area contributed by atoms with Crippen molar-refractivity contribution in [1.29, 1.82) is 0 Å². The van der Waals surface area contributed by atoms with Crippen molar-refractivity contribution in [2.75, 3.05) is 17.6 Å². The Morgan fingerprint density at radius 1 is 1.32 bits per heavy atom. The molecule has 0 bridgehead atoms. The number of hydrogen-bond acceptors (Lipinski definition) is 3.